The van der Waals surface area contributed by atoms with E-state index in [1.807, 2.05) is 0 Å². The van der Waals surface area contributed by atoms with Crippen LogP contribution in [-0.2, 0) is 0 Å². The van der Waals surface area contributed by atoms with Gasteiger partial charge in [-0.25, -0.2) is 0 Å². The van der Waals surface area contributed by atoms with E-state index in [1.165, 1.54) is 91.9 Å². The lowest BCUT2D eigenvalue weighted by molar-refractivity contribution is 1.17. The van der Waals surface area contributed by atoms with Crippen molar-refractivity contribution in [1.82, 2.24) is 13.7 Å². The Bertz CT molecular complexity index is 3830. The van der Waals surface area contributed by atoms with Crippen LogP contribution in [0.1, 0.15) is 0 Å². The summed E-state index contributed by atoms with van der Waals surface area (Å²) < 4.78 is 7.30. The quantitative estimate of drug-likeness (QED) is 0.112. The average Bonchev–Trinajstić information content (AvgIpc) is 4.00. The molecule has 0 aliphatic rings. The molecule has 0 fully saturated rings. The average molecular weight is 832 g/mol. The molecule has 0 spiro atoms. The van der Waals surface area contributed by atoms with Gasteiger partial charge in [-0.1, -0.05) is 176 Å². The standard InChI is InChI=1S/C60H41N3Si/c1-5-19-42(20-6-1)61-55-30-16-13-27-49(55)52-39-48(37-38-58(52)61)64(45-23-9-3-10-24-45,46-25-11-4-12-26-46)47-35-33-44(34-36-47)63-57-32-18-15-29-51(57)54-40-53-50-28-14-17-31-56(50)62(59(53)41-60(54)63)43-21-7-2-8-22-43/h1-41H. The molecule has 0 amide bonds. The Morgan fingerprint density at radius 2 is 0.531 bits per heavy atom. The molecule has 0 aliphatic heterocycles. The molecule has 10 aromatic carbocycles. The lowest BCUT2D eigenvalue weighted by Gasteiger charge is -2.34. The number of hydrogen-bond acceptors (Lipinski definition) is 0. The SMILES string of the molecule is c1ccc(-n2c3ccccc3c3cc([Si](c4ccccc4)(c4ccccc4)c4ccc(-n5c6ccccc6c6cc7c8ccccc8n(-c8ccccc8)c7cc65)cc4)ccc32)cc1. The highest BCUT2D eigenvalue weighted by Gasteiger charge is 2.42. The molecule has 0 radical (unpaired) electrons. The van der Waals surface area contributed by atoms with Crippen molar-refractivity contribution < 1.29 is 0 Å². The molecular formula is C60H41N3Si. The minimum Gasteiger partial charge on any atom is -0.309 e. The summed E-state index contributed by atoms with van der Waals surface area (Å²) in [7, 11) is -2.91. The fourth-order valence-corrected chi connectivity index (χ4v) is 15.6. The van der Waals surface area contributed by atoms with Crippen LogP contribution >= 0.6 is 0 Å². The molecule has 3 aromatic heterocycles. The number of benzene rings is 10. The first-order chi connectivity index (χ1) is 31.8. The van der Waals surface area contributed by atoms with Crippen molar-refractivity contribution in [1.29, 1.82) is 0 Å². The second kappa shape index (κ2) is 14.5. The fourth-order valence-electron chi connectivity index (χ4n) is 10.9. The summed E-state index contributed by atoms with van der Waals surface area (Å²) in [6, 6.07) is 92.3. The van der Waals surface area contributed by atoms with Crippen LogP contribution < -0.4 is 20.7 Å². The first-order valence-electron chi connectivity index (χ1n) is 22.1. The first-order valence-corrected chi connectivity index (χ1v) is 24.1. The van der Waals surface area contributed by atoms with E-state index in [-0.39, 0.29) is 0 Å². The summed E-state index contributed by atoms with van der Waals surface area (Å²) in [5, 5.41) is 13.0. The van der Waals surface area contributed by atoms with Crippen molar-refractivity contribution in [2.24, 2.45) is 0 Å². The predicted octanol–water partition coefficient (Wildman–Crippen LogP) is 12.4. The van der Waals surface area contributed by atoms with Crippen molar-refractivity contribution in [3.05, 3.63) is 249 Å². The Kier molecular flexibility index (Phi) is 8.23. The van der Waals surface area contributed by atoms with Gasteiger partial charge in [-0.3, -0.25) is 0 Å². The second-order valence-electron chi connectivity index (χ2n) is 16.9. The maximum Gasteiger partial charge on any atom is 0.179 e. The summed E-state index contributed by atoms with van der Waals surface area (Å²) in [5.41, 5.74) is 10.7. The number of nitrogens with zero attached hydrogens (tertiary/aromatic N) is 3. The number of hydrogen-bond donors (Lipinski definition) is 0. The summed E-state index contributed by atoms with van der Waals surface area (Å²) in [4.78, 5) is 0. The van der Waals surface area contributed by atoms with E-state index in [0.717, 1.165) is 11.4 Å². The topological polar surface area (TPSA) is 14.8 Å². The highest BCUT2D eigenvalue weighted by atomic mass is 28.3. The molecule has 64 heavy (non-hydrogen) atoms. The maximum atomic E-state index is 2.52. The van der Waals surface area contributed by atoms with Crippen LogP contribution in [0.4, 0.5) is 0 Å². The number of rotatable bonds is 7. The zero-order valence-electron chi connectivity index (χ0n) is 35.0. The predicted molar refractivity (Wildman–Crippen MR) is 273 cm³/mol. The molecule has 13 aromatic rings. The van der Waals surface area contributed by atoms with Crippen molar-refractivity contribution in [3.63, 3.8) is 0 Å². The van der Waals surface area contributed by atoms with Gasteiger partial charge in [0.1, 0.15) is 0 Å². The second-order valence-corrected chi connectivity index (χ2v) is 20.7. The Balaban J connectivity index is 1.06. The van der Waals surface area contributed by atoms with Gasteiger partial charge in [0.2, 0.25) is 0 Å². The molecule has 300 valence electrons. The number of para-hydroxylation sites is 5. The zero-order chi connectivity index (χ0) is 42.2. The van der Waals surface area contributed by atoms with Crippen LogP contribution in [0.3, 0.4) is 0 Å². The molecule has 4 heteroatoms. The number of fused-ring (bicyclic) bond motifs is 9. The third kappa shape index (κ3) is 5.33. The maximum absolute atomic E-state index is 2.91. The van der Waals surface area contributed by atoms with Crippen LogP contribution in [0.25, 0.3) is 82.5 Å². The molecule has 0 atom stereocenters. The van der Waals surface area contributed by atoms with Crippen LogP contribution in [0.15, 0.2) is 249 Å². The van der Waals surface area contributed by atoms with Crippen molar-refractivity contribution in [2.75, 3.05) is 0 Å². The largest absolute Gasteiger partial charge is 0.309 e. The third-order valence-electron chi connectivity index (χ3n) is 13.6. The van der Waals surface area contributed by atoms with Gasteiger partial charge in [-0.15, -0.1) is 0 Å². The molecule has 0 N–H and O–H groups in total. The van der Waals surface area contributed by atoms with Gasteiger partial charge >= 0.3 is 0 Å². The Morgan fingerprint density at radius 3 is 1.00 bits per heavy atom. The van der Waals surface area contributed by atoms with Crippen molar-refractivity contribution in [3.8, 4) is 17.1 Å². The van der Waals surface area contributed by atoms with Crippen molar-refractivity contribution in [2.45, 2.75) is 0 Å². The zero-order valence-corrected chi connectivity index (χ0v) is 36.0. The summed E-state index contributed by atoms with van der Waals surface area (Å²) in [6.07, 6.45) is 0. The van der Waals surface area contributed by atoms with E-state index in [2.05, 4.69) is 262 Å². The van der Waals surface area contributed by atoms with Gasteiger partial charge in [0, 0.05) is 49.4 Å². The molecule has 3 nitrogen and oxygen atoms in total. The van der Waals surface area contributed by atoms with E-state index in [1.54, 1.807) is 0 Å². The lowest BCUT2D eigenvalue weighted by atomic mass is 10.1. The number of aromatic nitrogens is 3. The highest BCUT2D eigenvalue weighted by molar-refractivity contribution is 7.20. The van der Waals surface area contributed by atoms with Gasteiger partial charge in [0.05, 0.1) is 33.1 Å². The van der Waals surface area contributed by atoms with Crippen LogP contribution in [0.2, 0.25) is 0 Å². The van der Waals surface area contributed by atoms with Crippen LogP contribution in [0, 0.1) is 0 Å². The minimum absolute atomic E-state index is 1.14. The smallest absolute Gasteiger partial charge is 0.179 e. The Morgan fingerprint density at radius 1 is 0.203 bits per heavy atom. The van der Waals surface area contributed by atoms with Crippen molar-refractivity contribution >= 4 is 94.2 Å². The highest BCUT2D eigenvalue weighted by Crippen LogP contribution is 2.40. The fraction of sp³-hybridized carbons (Fsp3) is 0. The van der Waals surface area contributed by atoms with Crippen LogP contribution in [-0.4, -0.2) is 21.8 Å². The van der Waals surface area contributed by atoms with Gasteiger partial charge in [0.15, 0.2) is 8.07 Å². The van der Waals surface area contributed by atoms with Crippen LogP contribution in [0.5, 0.6) is 0 Å². The van der Waals surface area contributed by atoms with Gasteiger partial charge in [-0.05, 0) is 93.5 Å². The lowest BCUT2D eigenvalue weighted by Crippen LogP contribution is -2.74. The summed E-state index contributed by atoms with van der Waals surface area (Å²) >= 11 is 0. The molecule has 0 aliphatic carbocycles. The monoisotopic (exact) mass is 831 g/mol. The van der Waals surface area contributed by atoms with E-state index < -0.39 is 8.07 Å². The molecule has 0 bridgehead atoms. The summed E-state index contributed by atoms with van der Waals surface area (Å²) in [5.74, 6) is 0. The van der Waals surface area contributed by atoms with E-state index in [9.17, 15) is 0 Å². The first kappa shape index (κ1) is 36.5. The molecule has 13 rings (SSSR count). The molecule has 0 unspecified atom stereocenters. The van der Waals surface area contributed by atoms with Gasteiger partial charge in [-0.2, -0.15) is 0 Å². The molecule has 0 saturated heterocycles. The van der Waals surface area contributed by atoms with E-state index in [0.29, 0.717) is 0 Å². The summed E-state index contributed by atoms with van der Waals surface area (Å²) in [6.45, 7) is 0. The van der Waals surface area contributed by atoms with E-state index in [4.69, 9.17) is 0 Å². The molecule has 0 saturated carbocycles. The normalized spacial score (nSPS) is 12.1. The van der Waals surface area contributed by atoms with Gasteiger partial charge in [0.25, 0.3) is 0 Å². The molecule has 3 heterocycles. The minimum atomic E-state index is -2.91. The van der Waals surface area contributed by atoms with Gasteiger partial charge < -0.3 is 13.7 Å². The third-order valence-corrected chi connectivity index (χ3v) is 18.3. The van der Waals surface area contributed by atoms with E-state index >= 15 is 0 Å². The Labute approximate surface area is 372 Å². The molecular weight excluding hydrogens is 791 g/mol. The Hall–Kier alpha value is -8.18.